The van der Waals surface area contributed by atoms with Crippen LogP contribution >= 0.6 is 15.9 Å². The number of nitrogens with one attached hydrogen (secondary N) is 1. The molecule has 0 unspecified atom stereocenters. The molecule has 19 heavy (non-hydrogen) atoms. The normalized spacial score (nSPS) is 11.6. The van der Waals surface area contributed by atoms with Gasteiger partial charge < -0.3 is 10.1 Å². The van der Waals surface area contributed by atoms with Gasteiger partial charge in [-0.3, -0.25) is 4.79 Å². The van der Waals surface area contributed by atoms with Gasteiger partial charge in [0.15, 0.2) is 0 Å². The van der Waals surface area contributed by atoms with Crippen LogP contribution in [-0.2, 0) is 4.79 Å². The Balaban J connectivity index is 3.10. The second-order valence-corrected chi connectivity index (χ2v) is 4.59. The molecule has 1 rings (SSSR count). The van der Waals surface area contributed by atoms with E-state index < -0.39 is 18.3 Å². The number of hydrogen-bond donors (Lipinski definition) is 1. The number of ether oxygens (including phenoxy) is 1. The number of carbonyl (C=O) groups excluding carboxylic acids is 1. The molecular formula is C11H10BrF4NO2. The summed E-state index contributed by atoms with van der Waals surface area (Å²) in [7, 11) is 1.27. The van der Waals surface area contributed by atoms with Crippen molar-refractivity contribution in [1.82, 2.24) is 0 Å². The maximum absolute atomic E-state index is 12.9. The van der Waals surface area contributed by atoms with Crippen molar-refractivity contribution < 1.29 is 27.1 Å². The summed E-state index contributed by atoms with van der Waals surface area (Å²) in [5.74, 6) is -6.75. The van der Waals surface area contributed by atoms with Crippen LogP contribution in [-0.4, -0.2) is 25.4 Å². The molecule has 1 N–H and O–H groups in total. The van der Waals surface area contributed by atoms with Crippen molar-refractivity contribution >= 4 is 27.5 Å². The Kier molecular flexibility index (Phi) is 4.78. The van der Waals surface area contributed by atoms with Crippen molar-refractivity contribution in [2.24, 2.45) is 0 Å². The summed E-state index contributed by atoms with van der Waals surface area (Å²) in [4.78, 5) is 11.2. The first-order valence-corrected chi connectivity index (χ1v) is 5.81. The van der Waals surface area contributed by atoms with Crippen LogP contribution in [0.5, 0.6) is 5.75 Å². The number of hydrogen-bond acceptors (Lipinski definition) is 2. The first-order chi connectivity index (χ1) is 8.70. The number of halogens is 5. The standard InChI is InChI=1S/C11H10BrF4NO2/c1-5-3-6(12)4-7(19-2)8(5)17-10(18)11(15,16)9(13)14/h3-4,9H,1-2H3,(H,17,18). The molecule has 1 amide bonds. The summed E-state index contributed by atoms with van der Waals surface area (Å²) < 4.78 is 55.3. The molecule has 0 aliphatic rings. The van der Waals surface area contributed by atoms with Gasteiger partial charge >= 0.3 is 18.3 Å². The van der Waals surface area contributed by atoms with E-state index in [2.05, 4.69) is 15.9 Å². The van der Waals surface area contributed by atoms with Gasteiger partial charge in [0, 0.05) is 4.47 Å². The summed E-state index contributed by atoms with van der Waals surface area (Å²) >= 11 is 3.16. The van der Waals surface area contributed by atoms with Crippen molar-refractivity contribution in [3.05, 3.63) is 22.2 Å². The van der Waals surface area contributed by atoms with Crippen molar-refractivity contribution in [3.63, 3.8) is 0 Å². The van der Waals surface area contributed by atoms with Crippen LogP contribution in [0, 0.1) is 6.92 Å². The lowest BCUT2D eigenvalue weighted by Gasteiger charge is -2.18. The minimum absolute atomic E-state index is 0.0731. The number of rotatable bonds is 4. The molecule has 0 aromatic heterocycles. The molecule has 0 heterocycles. The molecule has 0 fully saturated rings. The fourth-order valence-electron chi connectivity index (χ4n) is 1.33. The number of carbonyl (C=O) groups is 1. The molecule has 0 radical (unpaired) electrons. The Morgan fingerprint density at radius 1 is 1.42 bits per heavy atom. The predicted molar refractivity (Wildman–Crippen MR) is 65.0 cm³/mol. The van der Waals surface area contributed by atoms with E-state index in [0.717, 1.165) is 0 Å². The van der Waals surface area contributed by atoms with E-state index in [4.69, 9.17) is 4.74 Å². The van der Waals surface area contributed by atoms with Gasteiger partial charge in [-0.1, -0.05) is 15.9 Å². The van der Waals surface area contributed by atoms with Crippen molar-refractivity contribution in [2.45, 2.75) is 19.3 Å². The quantitative estimate of drug-likeness (QED) is 0.848. The molecular weight excluding hydrogens is 334 g/mol. The van der Waals surface area contributed by atoms with Crippen LogP contribution in [0.1, 0.15) is 5.56 Å². The second kappa shape index (κ2) is 5.77. The van der Waals surface area contributed by atoms with E-state index >= 15 is 0 Å². The SMILES string of the molecule is COc1cc(Br)cc(C)c1NC(=O)C(F)(F)C(F)F. The first-order valence-electron chi connectivity index (χ1n) is 5.01. The number of amides is 1. The van der Waals surface area contributed by atoms with Crippen LogP contribution in [0.15, 0.2) is 16.6 Å². The molecule has 0 aliphatic heterocycles. The largest absolute Gasteiger partial charge is 0.495 e. The third kappa shape index (κ3) is 3.37. The van der Waals surface area contributed by atoms with Gasteiger partial charge in [0.2, 0.25) is 0 Å². The number of anilines is 1. The molecule has 0 aliphatic carbocycles. The third-order valence-corrected chi connectivity index (χ3v) is 2.76. The van der Waals surface area contributed by atoms with Crippen LogP contribution in [0.3, 0.4) is 0 Å². The van der Waals surface area contributed by atoms with E-state index in [0.29, 0.717) is 10.0 Å². The average Bonchev–Trinajstić information content (AvgIpc) is 2.31. The van der Waals surface area contributed by atoms with Crippen molar-refractivity contribution in [3.8, 4) is 5.75 Å². The number of aryl methyl sites for hydroxylation is 1. The predicted octanol–water partition coefficient (Wildman–Crippen LogP) is 3.61. The van der Waals surface area contributed by atoms with Gasteiger partial charge in [-0.15, -0.1) is 0 Å². The molecule has 1 aromatic carbocycles. The zero-order valence-corrected chi connectivity index (χ0v) is 11.5. The molecule has 0 spiro atoms. The van der Waals surface area contributed by atoms with Crippen LogP contribution in [0.4, 0.5) is 23.2 Å². The topological polar surface area (TPSA) is 38.3 Å². The molecule has 3 nitrogen and oxygen atoms in total. The smallest absolute Gasteiger partial charge is 0.383 e. The van der Waals surface area contributed by atoms with Crippen molar-refractivity contribution in [2.75, 3.05) is 12.4 Å². The summed E-state index contributed by atoms with van der Waals surface area (Å²) in [6, 6.07) is 2.95. The Hall–Kier alpha value is -1.31. The molecule has 0 bridgehead atoms. The summed E-state index contributed by atoms with van der Waals surface area (Å²) in [5, 5.41) is 1.76. The highest BCUT2D eigenvalue weighted by molar-refractivity contribution is 9.10. The van der Waals surface area contributed by atoms with Gasteiger partial charge in [-0.25, -0.2) is 8.78 Å². The lowest BCUT2D eigenvalue weighted by atomic mass is 10.1. The Morgan fingerprint density at radius 2 is 2.00 bits per heavy atom. The third-order valence-electron chi connectivity index (χ3n) is 2.30. The van der Waals surface area contributed by atoms with E-state index in [1.807, 2.05) is 0 Å². The highest BCUT2D eigenvalue weighted by atomic mass is 79.9. The van der Waals surface area contributed by atoms with Crippen LogP contribution in [0.2, 0.25) is 0 Å². The highest BCUT2D eigenvalue weighted by Gasteiger charge is 2.49. The Labute approximate surface area is 115 Å². The molecule has 106 valence electrons. The fraction of sp³-hybridized carbons (Fsp3) is 0.364. The summed E-state index contributed by atoms with van der Waals surface area (Å²) in [6.45, 7) is 1.52. The Bertz CT molecular complexity index is 494. The van der Waals surface area contributed by atoms with Crippen LogP contribution < -0.4 is 10.1 Å². The zero-order chi connectivity index (χ0) is 14.8. The summed E-state index contributed by atoms with van der Waals surface area (Å²) in [6.07, 6.45) is -4.07. The minimum atomic E-state index is -4.76. The van der Waals surface area contributed by atoms with E-state index in [1.54, 1.807) is 5.32 Å². The average molecular weight is 344 g/mol. The molecule has 8 heteroatoms. The first kappa shape index (κ1) is 15.7. The lowest BCUT2D eigenvalue weighted by Crippen LogP contribution is -2.41. The van der Waals surface area contributed by atoms with Gasteiger partial charge in [-0.2, -0.15) is 8.78 Å². The van der Waals surface area contributed by atoms with Crippen molar-refractivity contribution in [1.29, 1.82) is 0 Å². The maximum atomic E-state index is 12.9. The minimum Gasteiger partial charge on any atom is -0.495 e. The van der Waals surface area contributed by atoms with E-state index in [9.17, 15) is 22.4 Å². The van der Waals surface area contributed by atoms with Gasteiger partial charge in [0.25, 0.3) is 0 Å². The van der Waals surface area contributed by atoms with Gasteiger partial charge in [0.05, 0.1) is 12.8 Å². The van der Waals surface area contributed by atoms with Crippen LogP contribution in [0.25, 0.3) is 0 Å². The molecule has 0 atom stereocenters. The fourth-order valence-corrected chi connectivity index (χ4v) is 1.88. The maximum Gasteiger partial charge on any atom is 0.383 e. The number of alkyl halides is 4. The monoisotopic (exact) mass is 343 g/mol. The number of methoxy groups -OCH3 is 1. The van der Waals surface area contributed by atoms with Gasteiger partial charge in [0.1, 0.15) is 5.75 Å². The molecule has 0 saturated heterocycles. The molecule has 1 aromatic rings. The number of benzene rings is 1. The van der Waals surface area contributed by atoms with E-state index in [-0.39, 0.29) is 11.4 Å². The summed E-state index contributed by atoms with van der Waals surface area (Å²) in [5.41, 5.74) is 0.320. The Morgan fingerprint density at radius 3 is 2.47 bits per heavy atom. The molecule has 0 saturated carbocycles. The zero-order valence-electron chi connectivity index (χ0n) is 9.94. The second-order valence-electron chi connectivity index (χ2n) is 3.68. The van der Waals surface area contributed by atoms with Gasteiger partial charge in [-0.05, 0) is 24.6 Å². The highest BCUT2D eigenvalue weighted by Crippen LogP contribution is 2.34. The lowest BCUT2D eigenvalue weighted by molar-refractivity contribution is -0.163. The van der Waals surface area contributed by atoms with E-state index in [1.165, 1.54) is 26.2 Å².